The van der Waals surface area contributed by atoms with E-state index in [1.54, 1.807) is 0 Å². The molecule has 1 N–H and O–H groups in total. The first-order valence-corrected chi connectivity index (χ1v) is 5.95. The molecule has 0 aliphatic heterocycles. The van der Waals surface area contributed by atoms with Crippen molar-refractivity contribution in [2.75, 3.05) is 0 Å². The van der Waals surface area contributed by atoms with Gasteiger partial charge in [0.15, 0.2) is 5.82 Å². The summed E-state index contributed by atoms with van der Waals surface area (Å²) >= 11 is 5.92. The number of nitrogens with zero attached hydrogens (tertiary/aromatic N) is 2. The van der Waals surface area contributed by atoms with E-state index in [2.05, 4.69) is 15.5 Å². The first-order valence-electron chi connectivity index (χ1n) is 5.57. The average molecular weight is 270 g/mol. The molecule has 0 atom stereocenters. The summed E-state index contributed by atoms with van der Waals surface area (Å²) in [5.41, 5.74) is 0.529. The van der Waals surface area contributed by atoms with Gasteiger partial charge in [0.1, 0.15) is 5.82 Å². The second kappa shape index (κ2) is 5.46. The molecule has 4 nitrogen and oxygen atoms in total. The maximum absolute atomic E-state index is 12.9. The summed E-state index contributed by atoms with van der Waals surface area (Å²) in [5.74, 6) is 0.435. The molecule has 18 heavy (non-hydrogen) atoms. The predicted molar refractivity (Wildman–Crippen MR) is 66.7 cm³/mol. The Hall–Kier alpha value is -1.46. The van der Waals surface area contributed by atoms with Crippen molar-refractivity contribution in [1.29, 1.82) is 0 Å². The molecule has 1 aromatic heterocycles. The second-order valence-corrected chi connectivity index (χ2v) is 4.58. The van der Waals surface area contributed by atoms with Crippen molar-refractivity contribution in [3.63, 3.8) is 0 Å². The Labute approximate surface area is 109 Å². The van der Waals surface area contributed by atoms with Crippen molar-refractivity contribution in [3.05, 3.63) is 34.9 Å². The monoisotopic (exact) mass is 269 g/mol. The van der Waals surface area contributed by atoms with Crippen molar-refractivity contribution >= 4 is 11.6 Å². The highest BCUT2D eigenvalue weighted by atomic mass is 35.5. The molecule has 1 heterocycles. The van der Waals surface area contributed by atoms with Crippen molar-refractivity contribution in [3.8, 4) is 11.5 Å². The molecule has 0 spiro atoms. The van der Waals surface area contributed by atoms with Gasteiger partial charge in [-0.25, -0.2) is 4.39 Å². The van der Waals surface area contributed by atoms with E-state index in [-0.39, 0.29) is 5.02 Å². The van der Waals surface area contributed by atoms with Gasteiger partial charge in [0, 0.05) is 6.04 Å². The van der Waals surface area contributed by atoms with Crippen LogP contribution in [0.2, 0.25) is 5.02 Å². The molecule has 0 unspecified atom stereocenters. The van der Waals surface area contributed by atoms with Crippen LogP contribution in [0.4, 0.5) is 4.39 Å². The van der Waals surface area contributed by atoms with Crippen LogP contribution in [-0.4, -0.2) is 16.2 Å². The van der Waals surface area contributed by atoms with E-state index >= 15 is 0 Å². The van der Waals surface area contributed by atoms with Crippen LogP contribution in [0.1, 0.15) is 19.7 Å². The number of hydrogen-bond donors (Lipinski definition) is 1. The van der Waals surface area contributed by atoms with Gasteiger partial charge in [0.25, 0.3) is 5.89 Å². The summed E-state index contributed by atoms with van der Waals surface area (Å²) in [6.07, 6.45) is 0. The molecular weight excluding hydrogens is 257 g/mol. The third kappa shape index (κ3) is 3.05. The molecule has 0 saturated heterocycles. The highest BCUT2D eigenvalue weighted by Crippen LogP contribution is 2.26. The standard InChI is InChI=1S/C12H13ClFN3O/c1-7(2)15-6-11-16-12(18-17-11)9-4-3-8(14)5-10(9)13/h3-5,7,15H,6H2,1-2H3. The molecule has 0 aliphatic carbocycles. The lowest BCUT2D eigenvalue weighted by atomic mass is 10.2. The highest BCUT2D eigenvalue weighted by Gasteiger charge is 2.12. The van der Waals surface area contributed by atoms with Crippen LogP contribution in [0.5, 0.6) is 0 Å². The fraction of sp³-hybridized carbons (Fsp3) is 0.333. The summed E-state index contributed by atoms with van der Waals surface area (Å²) in [4.78, 5) is 4.20. The number of nitrogens with one attached hydrogen (secondary N) is 1. The van der Waals surface area contributed by atoms with Crippen LogP contribution in [0.15, 0.2) is 22.7 Å². The molecule has 6 heteroatoms. The molecule has 0 aliphatic rings. The fourth-order valence-corrected chi connectivity index (χ4v) is 1.64. The van der Waals surface area contributed by atoms with E-state index in [4.69, 9.17) is 16.1 Å². The summed E-state index contributed by atoms with van der Waals surface area (Å²) < 4.78 is 18.0. The van der Waals surface area contributed by atoms with Crippen LogP contribution >= 0.6 is 11.6 Å². The Bertz CT molecular complexity index is 542. The van der Waals surface area contributed by atoms with Crippen molar-refractivity contribution in [1.82, 2.24) is 15.5 Å². The molecule has 2 rings (SSSR count). The Balaban J connectivity index is 2.18. The van der Waals surface area contributed by atoms with Gasteiger partial charge in [-0.1, -0.05) is 30.6 Å². The number of rotatable bonds is 4. The third-order valence-electron chi connectivity index (χ3n) is 2.30. The lowest BCUT2D eigenvalue weighted by molar-refractivity contribution is 0.417. The first kappa shape index (κ1) is 13.0. The van der Waals surface area contributed by atoms with Gasteiger partial charge in [0.05, 0.1) is 17.1 Å². The number of halogens is 2. The van der Waals surface area contributed by atoms with Crippen molar-refractivity contribution < 1.29 is 8.91 Å². The summed E-state index contributed by atoms with van der Waals surface area (Å²) in [7, 11) is 0. The summed E-state index contributed by atoms with van der Waals surface area (Å²) in [5, 5.41) is 7.25. The lowest BCUT2D eigenvalue weighted by Crippen LogP contribution is -2.22. The van der Waals surface area contributed by atoms with E-state index in [1.807, 2.05) is 13.8 Å². The molecule has 0 bridgehead atoms. The quantitative estimate of drug-likeness (QED) is 0.927. The summed E-state index contributed by atoms with van der Waals surface area (Å²) in [6.45, 7) is 4.57. The molecule has 1 aromatic carbocycles. The van der Waals surface area contributed by atoms with Crippen LogP contribution in [0.25, 0.3) is 11.5 Å². The van der Waals surface area contributed by atoms with Gasteiger partial charge in [-0.05, 0) is 18.2 Å². The van der Waals surface area contributed by atoms with E-state index in [0.717, 1.165) is 0 Å². The minimum atomic E-state index is -0.398. The molecule has 2 aromatic rings. The molecule has 0 saturated carbocycles. The lowest BCUT2D eigenvalue weighted by Gasteiger charge is -2.03. The zero-order chi connectivity index (χ0) is 13.1. The zero-order valence-corrected chi connectivity index (χ0v) is 10.8. The normalized spacial score (nSPS) is 11.2. The Morgan fingerprint density at radius 2 is 2.22 bits per heavy atom. The number of aromatic nitrogens is 2. The van der Waals surface area contributed by atoms with Crippen molar-refractivity contribution in [2.45, 2.75) is 26.4 Å². The van der Waals surface area contributed by atoms with Gasteiger partial charge < -0.3 is 9.84 Å². The van der Waals surface area contributed by atoms with Gasteiger partial charge >= 0.3 is 0 Å². The summed E-state index contributed by atoms with van der Waals surface area (Å²) in [6, 6.07) is 4.37. The minimum Gasteiger partial charge on any atom is -0.334 e. The molecular formula is C12H13ClFN3O. The second-order valence-electron chi connectivity index (χ2n) is 4.18. The first-order chi connectivity index (χ1) is 8.56. The number of hydrogen-bond acceptors (Lipinski definition) is 4. The maximum Gasteiger partial charge on any atom is 0.259 e. The zero-order valence-electron chi connectivity index (χ0n) is 10.1. The molecule has 0 fully saturated rings. The predicted octanol–water partition coefficient (Wildman–Crippen LogP) is 3.03. The molecule has 0 amide bonds. The fourth-order valence-electron chi connectivity index (χ4n) is 1.39. The van der Waals surface area contributed by atoms with Crippen LogP contribution < -0.4 is 5.32 Å². The van der Waals surface area contributed by atoms with Gasteiger partial charge in [-0.2, -0.15) is 4.98 Å². The van der Waals surface area contributed by atoms with E-state index in [1.165, 1.54) is 18.2 Å². The van der Waals surface area contributed by atoms with Crippen LogP contribution in [0, 0.1) is 5.82 Å². The Morgan fingerprint density at radius 3 is 2.89 bits per heavy atom. The SMILES string of the molecule is CC(C)NCc1noc(-c2ccc(F)cc2Cl)n1. The van der Waals surface area contributed by atoms with E-state index in [9.17, 15) is 4.39 Å². The largest absolute Gasteiger partial charge is 0.334 e. The van der Waals surface area contributed by atoms with Gasteiger partial charge in [-0.15, -0.1) is 0 Å². The van der Waals surface area contributed by atoms with Gasteiger partial charge in [-0.3, -0.25) is 0 Å². The van der Waals surface area contributed by atoms with Gasteiger partial charge in [0.2, 0.25) is 0 Å². The molecule has 0 radical (unpaired) electrons. The minimum absolute atomic E-state index is 0.252. The van der Waals surface area contributed by atoms with Crippen LogP contribution in [0.3, 0.4) is 0 Å². The van der Waals surface area contributed by atoms with Crippen molar-refractivity contribution in [2.24, 2.45) is 0 Å². The Morgan fingerprint density at radius 1 is 1.44 bits per heavy atom. The maximum atomic E-state index is 12.9. The smallest absolute Gasteiger partial charge is 0.259 e. The molecule has 96 valence electrons. The Kier molecular flexibility index (Phi) is 3.93. The van der Waals surface area contributed by atoms with E-state index < -0.39 is 5.82 Å². The van der Waals surface area contributed by atoms with Crippen LogP contribution in [-0.2, 0) is 6.54 Å². The topological polar surface area (TPSA) is 51.0 Å². The third-order valence-corrected chi connectivity index (χ3v) is 2.61. The highest BCUT2D eigenvalue weighted by molar-refractivity contribution is 6.33. The number of benzene rings is 1. The average Bonchev–Trinajstić information content (AvgIpc) is 2.75. The van der Waals surface area contributed by atoms with E-state index in [0.29, 0.717) is 29.9 Å².